The van der Waals surface area contributed by atoms with Crippen molar-refractivity contribution in [2.24, 2.45) is 0 Å². The highest BCUT2D eigenvalue weighted by molar-refractivity contribution is 6.13. The van der Waals surface area contributed by atoms with Crippen molar-refractivity contribution in [1.82, 2.24) is 39.0 Å². The molecule has 10 rings (SSSR count). The van der Waals surface area contributed by atoms with Crippen LogP contribution in [0.4, 0.5) is 26.3 Å². The van der Waals surface area contributed by atoms with Crippen LogP contribution in [0.5, 0.6) is 0 Å². The third-order valence-corrected chi connectivity index (χ3v) is 11.2. The number of alkyl halides is 6. The number of rotatable bonds is 5. The molecule has 0 aliphatic heterocycles. The fourth-order valence-corrected chi connectivity index (χ4v) is 8.65. The molecule has 10 aromatic rings. The van der Waals surface area contributed by atoms with Crippen LogP contribution in [0, 0.1) is 39.0 Å². The summed E-state index contributed by atoms with van der Waals surface area (Å²) in [5.41, 5.74) is 0.411. The van der Waals surface area contributed by atoms with Gasteiger partial charge in [-0.25, -0.2) is 29.9 Å². The van der Waals surface area contributed by atoms with Crippen LogP contribution >= 0.6 is 0 Å². The molecule has 64 heavy (non-hydrogen) atoms. The van der Waals surface area contributed by atoms with Crippen LogP contribution in [0.25, 0.3) is 88.9 Å². The predicted molar refractivity (Wildman–Crippen MR) is 232 cm³/mol. The second-order valence-electron chi connectivity index (χ2n) is 15.5. The Kier molecular flexibility index (Phi) is 9.12. The van der Waals surface area contributed by atoms with Gasteiger partial charge in [0.1, 0.15) is 23.3 Å². The van der Waals surface area contributed by atoms with Crippen LogP contribution in [-0.2, 0) is 12.4 Å². The van der Waals surface area contributed by atoms with Crippen molar-refractivity contribution in [3.8, 4) is 51.3 Å². The standard InChI is InChI=1S/C49H31F6N9/c1-25-57-26(2)60-46(59-25)30-13-15-37-35-9-5-7-11-39(35)63(41(37)21-30)43-17-29(24-56)18-44(45(43)32-19-33(48(50,51)52)23-34(20-32)49(53,54)55)64-40-12-8-6-10-36(40)38-16-14-31(22-42(38)64)47-61-27(3)58-28(4)62-47/h5-23H,1-4H3. The normalized spacial score (nSPS) is 12.2. The summed E-state index contributed by atoms with van der Waals surface area (Å²) in [5.74, 6) is 2.67. The van der Waals surface area contributed by atoms with Crippen LogP contribution in [-0.4, -0.2) is 39.0 Å². The number of aromatic nitrogens is 8. The molecule has 0 N–H and O–H groups in total. The fourth-order valence-electron chi connectivity index (χ4n) is 8.65. The zero-order valence-corrected chi connectivity index (χ0v) is 34.3. The van der Waals surface area contributed by atoms with Crippen LogP contribution in [0.3, 0.4) is 0 Å². The van der Waals surface area contributed by atoms with Crippen LogP contribution < -0.4 is 0 Å². The monoisotopic (exact) mass is 859 g/mol. The average molecular weight is 860 g/mol. The van der Waals surface area contributed by atoms with Crippen LogP contribution in [0.2, 0.25) is 0 Å². The minimum Gasteiger partial charge on any atom is -0.308 e. The molecule has 6 aromatic carbocycles. The van der Waals surface area contributed by atoms with Gasteiger partial charge in [0, 0.05) is 38.2 Å². The number of fused-ring (bicyclic) bond motifs is 6. The van der Waals surface area contributed by atoms with Gasteiger partial charge in [-0.05, 0) is 87.9 Å². The topological polar surface area (TPSA) is 111 Å². The molecule has 314 valence electrons. The van der Waals surface area contributed by atoms with E-state index in [4.69, 9.17) is 0 Å². The molecule has 0 unspecified atom stereocenters. The summed E-state index contributed by atoms with van der Waals surface area (Å²) in [6.07, 6.45) is -10.3. The number of benzene rings is 6. The molecule has 0 aliphatic rings. The first kappa shape index (κ1) is 40.1. The van der Waals surface area contributed by atoms with Crippen molar-refractivity contribution < 1.29 is 26.3 Å². The first-order chi connectivity index (χ1) is 30.5. The number of hydrogen-bond acceptors (Lipinski definition) is 7. The van der Waals surface area contributed by atoms with E-state index in [1.165, 1.54) is 12.1 Å². The highest BCUT2D eigenvalue weighted by Crippen LogP contribution is 2.46. The molecular formula is C49H31F6N9. The van der Waals surface area contributed by atoms with Crippen molar-refractivity contribution in [3.63, 3.8) is 0 Å². The Hall–Kier alpha value is -7.99. The van der Waals surface area contributed by atoms with Gasteiger partial charge < -0.3 is 9.13 Å². The Bertz CT molecular complexity index is 3350. The summed E-state index contributed by atoms with van der Waals surface area (Å²) in [6.45, 7) is 6.96. The van der Waals surface area contributed by atoms with Gasteiger partial charge in [-0.1, -0.05) is 60.7 Å². The maximum absolute atomic E-state index is 14.8. The second-order valence-corrected chi connectivity index (χ2v) is 15.5. The Morgan fingerprint density at radius 1 is 0.438 bits per heavy atom. The lowest BCUT2D eigenvalue weighted by Gasteiger charge is -2.22. The molecule has 4 aromatic heterocycles. The third-order valence-electron chi connectivity index (χ3n) is 11.2. The Morgan fingerprint density at radius 3 is 1.22 bits per heavy atom. The summed E-state index contributed by atoms with van der Waals surface area (Å²) in [5, 5.41) is 13.7. The molecular weight excluding hydrogens is 829 g/mol. The summed E-state index contributed by atoms with van der Waals surface area (Å²) in [4.78, 5) is 26.9. The molecule has 0 radical (unpaired) electrons. The summed E-state index contributed by atoms with van der Waals surface area (Å²) >= 11 is 0. The van der Waals surface area contributed by atoms with Gasteiger partial charge in [-0.15, -0.1) is 0 Å². The zero-order valence-electron chi connectivity index (χ0n) is 34.3. The molecule has 0 amide bonds. The Balaban J connectivity index is 1.40. The maximum atomic E-state index is 14.8. The summed E-state index contributed by atoms with van der Waals surface area (Å²) in [7, 11) is 0. The summed E-state index contributed by atoms with van der Waals surface area (Å²) < 4.78 is 92.5. The Morgan fingerprint density at radius 2 is 0.828 bits per heavy atom. The SMILES string of the molecule is Cc1nc(C)nc(-c2ccc3c4ccccc4n(-c4cc(C#N)cc(-n5c6ccccc6c6ccc(-c7nc(C)nc(C)n7)cc65)c4-c4cc(C(F)(F)F)cc(C(F)(F)F)c4)c3c2)n1. The van der Waals surface area contributed by atoms with Crippen molar-refractivity contribution >= 4 is 43.6 Å². The highest BCUT2D eigenvalue weighted by Gasteiger charge is 2.38. The molecule has 0 spiro atoms. The van der Waals surface area contributed by atoms with Crippen molar-refractivity contribution in [3.05, 3.63) is 155 Å². The molecule has 15 heteroatoms. The van der Waals surface area contributed by atoms with Crippen molar-refractivity contribution in [1.29, 1.82) is 5.26 Å². The lowest BCUT2D eigenvalue weighted by molar-refractivity contribution is -0.143. The molecule has 0 aliphatic carbocycles. The third kappa shape index (κ3) is 6.74. The molecule has 0 fully saturated rings. The zero-order chi connectivity index (χ0) is 44.8. The van der Waals surface area contributed by atoms with E-state index >= 15 is 0 Å². The van der Waals surface area contributed by atoms with Crippen molar-refractivity contribution in [2.45, 2.75) is 40.0 Å². The second kappa shape index (κ2) is 14.6. The number of nitriles is 1. The average Bonchev–Trinajstić information content (AvgIpc) is 3.76. The number of para-hydroxylation sites is 2. The highest BCUT2D eigenvalue weighted by atomic mass is 19.4. The van der Waals surface area contributed by atoms with Gasteiger partial charge >= 0.3 is 12.4 Å². The van der Waals surface area contributed by atoms with E-state index in [2.05, 4.69) is 36.0 Å². The Labute approximate surface area is 360 Å². The fraction of sp³-hybridized carbons (Fsp3) is 0.122. The van der Waals surface area contributed by atoms with Gasteiger partial charge in [0.2, 0.25) is 0 Å². The van der Waals surface area contributed by atoms with E-state index in [0.717, 1.165) is 33.7 Å². The van der Waals surface area contributed by atoms with Gasteiger partial charge in [0.15, 0.2) is 11.6 Å². The molecule has 9 nitrogen and oxygen atoms in total. The predicted octanol–water partition coefficient (Wildman–Crippen LogP) is 12.4. The number of hydrogen-bond donors (Lipinski definition) is 0. The smallest absolute Gasteiger partial charge is 0.308 e. The quantitative estimate of drug-likeness (QED) is 0.158. The molecule has 0 saturated heterocycles. The van der Waals surface area contributed by atoms with E-state index in [-0.39, 0.29) is 34.1 Å². The van der Waals surface area contributed by atoms with Gasteiger partial charge in [-0.2, -0.15) is 31.6 Å². The molecule has 0 bridgehead atoms. The number of halogens is 6. The van der Waals surface area contributed by atoms with E-state index < -0.39 is 23.5 Å². The number of aryl methyl sites for hydroxylation is 4. The molecule has 0 saturated carbocycles. The minimum absolute atomic E-state index is 0.00425. The van der Waals surface area contributed by atoms with Gasteiger partial charge in [0.05, 0.1) is 56.2 Å². The molecule has 4 heterocycles. The van der Waals surface area contributed by atoms with E-state index in [1.807, 2.05) is 72.8 Å². The largest absolute Gasteiger partial charge is 0.416 e. The first-order valence-electron chi connectivity index (χ1n) is 19.9. The maximum Gasteiger partial charge on any atom is 0.416 e. The lowest BCUT2D eigenvalue weighted by atomic mass is 9.94. The lowest BCUT2D eigenvalue weighted by Crippen LogP contribution is -2.12. The minimum atomic E-state index is -5.16. The van der Waals surface area contributed by atoms with E-state index in [0.29, 0.717) is 68.1 Å². The van der Waals surface area contributed by atoms with Crippen LogP contribution in [0.15, 0.2) is 115 Å². The van der Waals surface area contributed by atoms with Gasteiger partial charge in [0.25, 0.3) is 0 Å². The first-order valence-corrected chi connectivity index (χ1v) is 19.9. The number of nitrogens with zero attached hydrogens (tertiary/aromatic N) is 9. The van der Waals surface area contributed by atoms with Crippen LogP contribution in [0.1, 0.15) is 40.0 Å². The van der Waals surface area contributed by atoms with E-state index in [9.17, 15) is 31.6 Å². The summed E-state index contributed by atoms with van der Waals surface area (Å²) in [6, 6.07) is 32.5. The molecule has 0 atom stereocenters. The van der Waals surface area contributed by atoms with Crippen molar-refractivity contribution in [2.75, 3.05) is 0 Å². The van der Waals surface area contributed by atoms with E-state index in [1.54, 1.807) is 49.0 Å². The van der Waals surface area contributed by atoms with Gasteiger partial charge in [-0.3, -0.25) is 0 Å².